The molecule has 0 heterocycles. The molecule has 0 aromatic rings. The van der Waals surface area contributed by atoms with E-state index in [4.69, 9.17) is 5.84 Å². The van der Waals surface area contributed by atoms with Crippen molar-refractivity contribution in [2.24, 2.45) is 5.84 Å². The van der Waals surface area contributed by atoms with Gasteiger partial charge in [0.25, 0.3) is 5.91 Å². The maximum atomic E-state index is 10.6. The van der Waals surface area contributed by atoms with Crippen molar-refractivity contribution in [3.05, 3.63) is 0 Å². The van der Waals surface area contributed by atoms with E-state index < -0.39 is 11.9 Å². The Morgan fingerprint density at radius 3 is 2.30 bits per heavy atom. The van der Waals surface area contributed by atoms with Crippen molar-refractivity contribution in [2.45, 2.75) is 19.9 Å². The molecule has 10 heavy (non-hydrogen) atoms. The summed E-state index contributed by atoms with van der Waals surface area (Å²) in [6.07, 6.45) is 0. The summed E-state index contributed by atoms with van der Waals surface area (Å²) in [6.45, 7) is 2.88. The summed E-state index contributed by atoms with van der Waals surface area (Å²) in [6, 6.07) is -0.567. The predicted molar refractivity (Wildman–Crippen MR) is 35.6 cm³/mol. The van der Waals surface area contributed by atoms with E-state index in [0.29, 0.717) is 0 Å². The molecule has 4 N–H and O–H groups in total. The fourth-order valence-corrected chi connectivity index (χ4v) is 0.495. The normalized spacial score (nSPS) is 11.9. The SMILES string of the molecule is CC(=O)N[C@@H](C)C(=O)NN. The van der Waals surface area contributed by atoms with E-state index in [1.54, 1.807) is 6.92 Å². The van der Waals surface area contributed by atoms with Gasteiger partial charge in [0.1, 0.15) is 6.04 Å². The van der Waals surface area contributed by atoms with Gasteiger partial charge in [-0.25, -0.2) is 5.84 Å². The minimum absolute atomic E-state index is 0.254. The molecule has 0 saturated carbocycles. The maximum Gasteiger partial charge on any atom is 0.256 e. The molecule has 2 amide bonds. The van der Waals surface area contributed by atoms with Crippen LogP contribution < -0.4 is 16.6 Å². The third-order valence-corrected chi connectivity index (χ3v) is 0.955. The summed E-state index contributed by atoms with van der Waals surface area (Å²) in [5.41, 5.74) is 1.92. The van der Waals surface area contributed by atoms with Gasteiger partial charge in [-0.05, 0) is 6.92 Å². The van der Waals surface area contributed by atoms with Crippen LogP contribution in [0.3, 0.4) is 0 Å². The van der Waals surface area contributed by atoms with Crippen LogP contribution in [-0.4, -0.2) is 17.9 Å². The molecule has 0 aromatic carbocycles. The first kappa shape index (κ1) is 8.90. The van der Waals surface area contributed by atoms with Gasteiger partial charge in [-0.15, -0.1) is 0 Å². The molecule has 0 unspecified atom stereocenters. The van der Waals surface area contributed by atoms with Gasteiger partial charge in [-0.3, -0.25) is 15.0 Å². The highest BCUT2D eigenvalue weighted by atomic mass is 16.2. The molecular weight excluding hydrogens is 134 g/mol. The van der Waals surface area contributed by atoms with Gasteiger partial charge in [0.2, 0.25) is 5.91 Å². The number of nitrogens with two attached hydrogens (primary N) is 1. The van der Waals surface area contributed by atoms with Gasteiger partial charge in [-0.1, -0.05) is 0 Å². The monoisotopic (exact) mass is 145 g/mol. The van der Waals surface area contributed by atoms with E-state index in [-0.39, 0.29) is 5.91 Å². The van der Waals surface area contributed by atoms with Gasteiger partial charge in [0, 0.05) is 6.92 Å². The molecule has 1 atom stereocenters. The van der Waals surface area contributed by atoms with Crippen molar-refractivity contribution in [1.29, 1.82) is 0 Å². The molecule has 0 aliphatic carbocycles. The second-order valence-corrected chi connectivity index (χ2v) is 1.93. The van der Waals surface area contributed by atoms with E-state index in [2.05, 4.69) is 5.32 Å². The van der Waals surface area contributed by atoms with Crippen LogP contribution in [0, 0.1) is 0 Å². The van der Waals surface area contributed by atoms with Crippen molar-refractivity contribution in [3.8, 4) is 0 Å². The second-order valence-electron chi connectivity index (χ2n) is 1.93. The van der Waals surface area contributed by atoms with Gasteiger partial charge < -0.3 is 5.32 Å². The molecule has 0 rings (SSSR count). The van der Waals surface area contributed by atoms with E-state index in [0.717, 1.165) is 0 Å². The Kier molecular flexibility index (Phi) is 3.42. The Bertz CT molecular complexity index is 146. The van der Waals surface area contributed by atoms with Gasteiger partial charge in [0.15, 0.2) is 0 Å². The summed E-state index contributed by atoms with van der Waals surface area (Å²) in [5, 5.41) is 2.36. The minimum Gasteiger partial charge on any atom is -0.345 e. The van der Waals surface area contributed by atoms with Crippen LogP contribution in [0.1, 0.15) is 13.8 Å². The zero-order valence-electron chi connectivity index (χ0n) is 5.97. The topological polar surface area (TPSA) is 84.2 Å². The first-order valence-electron chi connectivity index (χ1n) is 2.85. The molecule has 58 valence electrons. The lowest BCUT2D eigenvalue weighted by molar-refractivity contribution is -0.127. The summed E-state index contributed by atoms with van der Waals surface area (Å²) in [5.74, 6) is 4.14. The van der Waals surface area contributed by atoms with E-state index in [1.807, 2.05) is 5.43 Å². The third kappa shape index (κ3) is 3.03. The molecular formula is C5H11N3O2. The lowest BCUT2D eigenvalue weighted by Crippen LogP contribution is -2.46. The van der Waals surface area contributed by atoms with Crippen LogP contribution >= 0.6 is 0 Å². The molecule has 0 aliphatic rings. The lowest BCUT2D eigenvalue weighted by atomic mass is 10.3. The Labute approximate surface area is 58.9 Å². The summed E-state index contributed by atoms with van der Waals surface area (Å²) >= 11 is 0. The van der Waals surface area contributed by atoms with Crippen LogP contribution in [0.25, 0.3) is 0 Å². The molecule has 0 saturated heterocycles. The number of carbonyl (C=O) groups is 2. The second kappa shape index (κ2) is 3.84. The summed E-state index contributed by atoms with van der Waals surface area (Å²) in [4.78, 5) is 20.9. The summed E-state index contributed by atoms with van der Waals surface area (Å²) in [7, 11) is 0. The van der Waals surface area contributed by atoms with Crippen molar-refractivity contribution < 1.29 is 9.59 Å². The zero-order chi connectivity index (χ0) is 8.15. The number of hydrazine groups is 1. The van der Waals surface area contributed by atoms with Gasteiger partial charge in [-0.2, -0.15) is 0 Å². The van der Waals surface area contributed by atoms with Crippen LogP contribution in [0.2, 0.25) is 0 Å². The van der Waals surface area contributed by atoms with E-state index in [9.17, 15) is 9.59 Å². The number of hydrogen-bond donors (Lipinski definition) is 3. The predicted octanol–water partition coefficient (Wildman–Crippen LogP) is -1.50. The fourth-order valence-electron chi connectivity index (χ4n) is 0.495. The summed E-state index contributed by atoms with van der Waals surface area (Å²) < 4.78 is 0. The molecule has 5 heteroatoms. The van der Waals surface area contributed by atoms with Crippen LogP contribution in [0.5, 0.6) is 0 Å². The highest BCUT2D eigenvalue weighted by Gasteiger charge is 2.10. The quantitative estimate of drug-likeness (QED) is 0.251. The van der Waals surface area contributed by atoms with E-state index in [1.165, 1.54) is 6.92 Å². The van der Waals surface area contributed by atoms with E-state index >= 15 is 0 Å². The first-order chi connectivity index (χ1) is 4.57. The Morgan fingerprint density at radius 1 is 1.50 bits per heavy atom. The molecule has 5 nitrogen and oxygen atoms in total. The largest absolute Gasteiger partial charge is 0.345 e. The number of hydrogen-bond acceptors (Lipinski definition) is 3. The minimum atomic E-state index is -0.567. The Morgan fingerprint density at radius 2 is 2.00 bits per heavy atom. The molecule has 0 aromatic heterocycles. The Hall–Kier alpha value is -1.10. The number of nitrogens with one attached hydrogen (secondary N) is 2. The first-order valence-corrected chi connectivity index (χ1v) is 2.85. The number of amides is 2. The smallest absolute Gasteiger partial charge is 0.256 e. The van der Waals surface area contributed by atoms with Crippen LogP contribution in [0.15, 0.2) is 0 Å². The number of carbonyl (C=O) groups excluding carboxylic acids is 2. The highest BCUT2D eigenvalue weighted by molar-refractivity contribution is 5.85. The third-order valence-electron chi connectivity index (χ3n) is 0.955. The van der Waals surface area contributed by atoms with Crippen molar-refractivity contribution >= 4 is 11.8 Å². The average Bonchev–Trinajstić information content (AvgIpc) is 1.85. The fraction of sp³-hybridized carbons (Fsp3) is 0.600. The van der Waals surface area contributed by atoms with Gasteiger partial charge >= 0.3 is 0 Å². The highest BCUT2D eigenvalue weighted by Crippen LogP contribution is 1.78. The molecule has 0 aliphatic heterocycles. The van der Waals surface area contributed by atoms with Crippen LogP contribution in [0.4, 0.5) is 0 Å². The number of rotatable bonds is 2. The van der Waals surface area contributed by atoms with Gasteiger partial charge in [0.05, 0.1) is 0 Å². The zero-order valence-corrected chi connectivity index (χ0v) is 5.97. The lowest BCUT2D eigenvalue weighted by Gasteiger charge is -2.08. The molecule has 0 fully saturated rings. The van der Waals surface area contributed by atoms with Crippen molar-refractivity contribution in [1.82, 2.24) is 10.7 Å². The molecule has 0 bridgehead atoms. The maximum absolute atomic E-state index is 10.6. The molecule has 0 radical (unpaired) electrons. The standard InChI is InChI=1S/C5H11N3O2/c1-3(5(10)8-6)7-4(2)9/h3H,6H2,1-2H3,(H,7,9)(H,8,10)/t3-/m0/s1. The van der Waals surface area contributed by atoms with Crippen molar-refractivity contribution in [3.63, 3.8) is 0 Å². The Balaban J connectivity index is 3.72. The van der Waals surface area contributed by atoms with Crippen LogP contribution in [-0.2, 0) is 9.59 Å². The average molecular weight is 145 g/mol. The molecule has 0 spiro atoms. The van der Waals surface area contributed by atoms with Crippen molar-refractivity contribution in [2.75, 3.05) is 0 Å².